The number of hydrogen-bond acceptors (Lipinski definition) is 3. The summed E-state index contributed by atoms with van der Waals surface area (Å²) in [5.41, 5.74) is 5.87. The molecule has 0 atom stereocenters. The molecular formula is C18H12N2O. The minimum absolute atomic E-state index is 0.794. The summed E-state index contributed by atoms with van der Waals surface area (Å²) < 4.78 is 4.99. The van der Waals surface area contributed by atoms with E-state index in [1.807, 2.05) is 36.4 Å². The van der Waals surface area contributed by atoms with Crippen LogP contribution in [0.4, 0.5) is 0 Å². The molecule has 0 aliphatic rings. The highest BCUT2D eigenvalue weighted by Gasteiger charge is 2.13. The minimum atomic E-state index is 0.794. The maximum Gasteiger partial charge on any atom is 0.143 e. The highest BCUT2D eigenvalue weighted by atomic mass is 16.6. The third-order valence-electron chi connectivity index (χ3n) is 3.59. The van der Waals surface area contributed by atoms with E-state index in [4.69, 9.17) is 4.63 Å². The van der Waals surface area contributed by atoms with Crippen LogP contribution >= 0.6 is 0 Å². The Bertz CT molecular complexity index is 809. The number of nitrogens with zero attached hydrogens (tertiary/aromatic N) is 2. The van der Waals surface area contributed by atoms with Gasteiger partial charge in [0.05, 0.1) is 0 Å². The topological polar surface area (TPSA) is 38.9 Å². The molecule has 0 radical (unpaired) electrons. The SMILES string of the molecule is c1ccc(-c2ccc(-c3ccccc3)c3nonc23)cc1. The molecule has 0 unspecified atom stereocenters. The van der Waals surface area contributed by atoms with Crippen molar-refractivity contribution in [1.82, 2.24) is 10.3 Å². The van der Waals surface area contributed by atoms with E-state index in [0.29, 0.717) is 0 Å². The molecular weight excluding hydrogens is 260 g/mol. The Hall–Kier alpha value is -2.94. The van der Waals surface area contributed by atoms with Crippen LogP contribution in [0.25, 0.3) is 33.3 Å². The Balaban J connectivity index is 1.97. The van der Waals surface area contributed by atoms with Gasteiger partial charge in [0.2, 0.25) is 0 Å². The summed E-state index contributed by atoms with van der Waals surface area (Å²) in [7, 11) is 0. The Kier molecular flexibility index (Phi) is 2.75. The summed E-state index contributed by atoms with van der Waals surface area (Å²) in [5.74, 6) is 0. The van der Waals surface area contributed by atoms with E-state index in [0.717, 1.165) is 33.3 Å². The van der Waals surface area contributed by atoms with E-state index in [2.05, 4.69) is 46.7 Å². The molecule has 3 aromatic carbocycles. The summed E-state index contributed by atoms with van der Waals surface area (Å²) in [6.45, 7) is 0. The molecule has 21 heavy (non-hydrogen) atoms. The zero-order chi connectivity index (χ0) is 14.1. The third kappa shape index (κ3) is 1.99. The summed E-state index contributed by atoms with van der Waals surface area (Å²) in [4.78, 5) is 0. The number of fused-ring (bicyclic) bond motifs is 1. The van der Waals surface area contributed by atoms with Gasteiger partial charge < -0.3 is 0 Å². The predicted octanol–water partition coefficient (Wildman–Crippen LogP) is 4.56. The van der Waals surface area contributed by atoms with Gasteiger partial charge in [0.15, 0.2) is 0 Å². The van der Waals surface area contributed by atoms with E-state index < -0.39 is 0 Å². The van der Waals surface area contributed by atoms with E-state index in [1.54, 1.807) is 0 Å². The normalized spacial score (nSPS) is 10.9. The molecule has 0 fully saturated rings. The van der Waals surface area contributed by atoms with Gasteiger partial charge in [-0.15, -0.1) is 0 Å². The molecule has 3 nitrogen and oxygen atoms in total. The minimum Gasteiger partial charge on any atom is -0.243 e. The molecule has 100 valence electrons. The molecule has 1 aromatic heterocycles. The fourth-order valence-corrected chi connectivity index (χ4v) is 2.57. The lowest BCUT2D eigenvalue weighted by Crippen LogP contribution is -1.85. The van der Waals surface area contributed by atoms with Crippen LogP contribution in [0, 0.1) is 0 Å². The Morgan fingerprint density at radius 3 is 1.38 bits per heavy atom. The summed E-state index contributed by atoms with van der Waals surface area (Å²) >= 11 is 0. The fraction of sp³-hybridized carbons (Fsp3) is 0. The first-order valence-corrected chi connectivity index (χ1v) is 6.79. The summed E-state index contributed by atoms with van der Waals surface area (Å²) in [6, 6.07) is 24.4. The van der Waals surface area contributed by atoms with Crippen molar-refractivity contribution in [3.05, 3.63) is 72.8 Å². The van der Waals surface area contributed by atoms with Crippen LogP contribution < -0.4 is 0 Å². The standard InChI is InChI=1S/C18H12N2O/c1-3-7-13(8-4-1)15-11-12-16(14-9-5-2-6-10-14)18-17(15)19-21-20-18/h1-12H. The van der Waals surface area contributed by atoms with Gasteiger partial charge in [0, 0.05) is 11.1 Å². The number of aromatic nitrogens is 2. The van der Waals surface area contributed by atoms with Crippen molar-refractivity contribution in [2.45, 2.75) is 0 Å². The van der Waals surface area contributed by atoms with Gasteiger partial charge >= 0.3 is 0 Å². The third-order valence-corrected chi connectivity index (χ3v) is 3.59. The second-order valence-electron chi connectivity index (χ2n) is 4.85. The second-order valence-corrected chi connectivity index (χ2v) is 4.85. The Morgan fingerprint density at radius 1 is 0.524 bits per heavy atom. The molecule has 0 N–H and O–H groups in total. The zero-order valence-electron chi connectivity index (χ0n) is 11.2. The lowest BCUT2D eigenvalue weighted by molar-refractivity contribution is 0.315. The van der Waals surface area contributed by atoms with Gasteiger partial charge in [-0.05, 0) is 21.4 Å². The van der Waals surface area contributed by atoms with Gasteiger partial charge in [0.1, 0.15) is 11.0 Å². The summed E-state index contributed by atoms with van der Waals surface area (Å²) in [5, 5.41) is 8.19. The molecule has 0 aliphatic heterocycles. The van der Waals surface area contributed by atoms with Crippen molar-refractivity contribution < 1.29 is 4.63 Å². The van der Waals surface area contributed by atoms with Crippen LogP contribution in [-0.2, 0) is 0 Å². The van der Waals surface area contributed by atoms with Gasteiger partial charge in [0.25, 0.3) is 0 Å². The van der Waals surface area contributed by atoms with Crippen LogP contribution in [0.5, 0.6) is 0 Å². The van der Waals surface area contributed by atoms with E-state index >= 15 is 0 Å². The van der Waals surface area contributed by atoms with Crippen molar-refractivity contribution in [1.29, 1.82) is 0 Å². The Labute approximate surface area is 121 Å². The van der Waals surface area contributed by atoms with Crippen molar-refractivity contribution in [2.75, 3.05) is 0 Å². The molecule has 0 saturated heterocycles. The van der Waals surface area contributed by atoms with E-state index in [-0.39, 0.29) is 0 Å². The molecule has 0 aliphatic carbocycles. The molecule has 4 aromatic rings. The van der Waals surface area contributed by atoms with Crippen LogP contribution in [0.15, 0.2) is 77.4 Å². The monoisotopic (exact) mass is 272 g/mol. The first-order chi connectivity index (χ1) is 10.4. The number of benzene rings is 3. The van der Waals surface area contributed by atoms with Crippen LogP contribution in [0.3, 0.4) is 0 Å². The van der Waals surface area contributed by atoms with E-state index in [1.165, 1.54) is 0 Å². The van der Waals surface area contributed by atoms with Crippen molar-refractivity contribution in [2.24, 2.45) is 0 Å². The number of hydrogen-bond donors (Lipinski definition) is 0. The van der Waals surface area contributed by atoms with Gasteiger partial charge in [-0.25, -0.2) is 4.63 Å². The molecule has 0 bridgehead atoms. The fourth-order valence-electron chi connectivity index (χ4n) is 2.57. The van der Waals surface area contributed by atoms with Crippen LogP contribution in [-0.4, -0.2) is 10.3 Å². The smallest absolute Gasteiger partial charge is 0.143 e. The maximum absolute atomic E-state index is 4.99. The van der Waals surface area contributed by atoms with Crippen LogP contribution in [0.1, 0.15) is 0 Å². The average molecular weight is 272 g/mol. The molecule has 4 rings (SSSR count). The second kappa shape index (κ2) is 4.87. The number of rotatable bonds is 2. The van der Waals surface area contributed by atoms with Gasteiger partial charge in [-0.3, -0.25) is 0 Å². The van der Waals surface area contributed by atoms with E-state index in [9.17, 15) is 0 Å². The highest BCUT2D eigenvalue weighted by Crippen LogP contribution is 2.33. The first kappa shape index (κ1) is 11.9. The maximum atomic E-state index is 4.99. The van der Waals surface area contributed by atoms with Crippen molar-refractivity contribution in [3.63, 3.8) is 0 Å². The molecule has 0 saturated carbocycles. The lowest BCUT2D eigenvalue weighted by atomic mass is 9.98. The molecule has 1 heterocycles. The van der Waals surface area contributed by atoms with Crippen molar-refractivity contribution in [3.8, 4) is 22.3 Å². The van der Waals surface area contributed by atoms with Crippen molar-refractivity contribution >= 4 is 11.0 Å². The molecule has 0 amide bonds. The molecule has 0 spiro atoms. The zero-order valence-corrected chi connectivity index (χ0v) is 11.2. The average Bonchev–Trinajstić information content (AvgIpc) is 3.05. The molecule has 3 heteroatoms. The van der Waals surface area contributed by atoms with Gasteiger partial charge in [-0.2, -0.15) is 0 Å². The highest BCUT2D eigenvalue weighted by molar-refractivity contribution is 5.99. The summed E-state index contributed by atoms with van der Waals surface area (Å²) in [6.07, 6.45) is 0. The quantitative estimate of drug-likeness (QED) is 0.537. The largest absolute Gasteiger partial charge is 0.243 e. The van der Waals surface area contributed by atoms with Gasteiger partial charge in [-0.1, -0.05) is 72.8 Å². The van der Waals surface area contributed by atoms with Crippen LogP contribution in [0.2, 0.25) is 0 Å². The predicted molar refractivity (Wildman–Crippen MR) is 82.7 cm³/mol. The Morgan fingerprint density at radius 2 is 0.952 bits per heavy atom. The lowest BCUT2D eigenvalue weighted by Gasteiger charge is -2.05. The first-order valence-electron chi connectivity index (χ1n) is 6.79.